The minimum atomic E-state index is -1.53. The number of aliphatic hydroxyl groups excluding tert-OH is 2. The third-order valence-electron chi connectivity index (χ3n) is 1.21. The highest BCUT2D eigenvalue weighted by Gasteiger charge is 2.19. The number of carbonyl (C=O) groups excluding carboxylic acids is 1. The highest BCUT2D eigenvalue weighted by molar-refractivity contribution is 5.84. The number of aliphatic hydroxyl groups is 2. The molecule has 0 aromatic carbocycles. The summed E-state index contributed by atoms with van der Waals surface area (Å²) in [5, 5.41) is 25.4. The van der Waals surface area contributed by atoms with Crippen LogP contribution in [-0.4, -0.2) is 58.4 Å². The Labute approximate surface area is 69.0 Å². The van der Waals surface area contributed by atoms with E-state index >= 15 is 0 Å². The average molecular weight is 177 g/mol. The molecule has 0 heterocycles. The van der Waals surface area contributed by atoms with Crippen molar-refractivity contribution in [1.82, 2.24) is 4.90 Å². The monoisotopic (exact) mass is 177 g/mol. The molecular formula is C6H11NO5. The molecule has 1 amide bonds. The van der Waals surface area contributed by atoms with Gasteiger partial charge >= 0.3 is 5.97 Å². The van der Waals surface area contributed by atoms with Gasteiger partial charge < -0.3 is 20.2 Å². The van der Waals surface area contributed by atoms with E-state index in [0.717, 1.165) is 4.90 Å². The zero-order valence-electron chi connectivity index (χ0n) is 6.60. The van der Waals surface area contributed by atoms with Crippen LogP contribution >= 0.6 is 0 Å². The average Bonchev–Trinajstić information content (AvgIpc) is 2.00. The molecule has 6 heteroatoms. The molecule has 0 aromatic rings. The highest BCUT2D eigenvalue weighted by atomic mass is 16.4. The van der Waals surface area contributed by atoms with Gasteiger partial charge in [0.1, 0.15) is 6.54 Å². The lowest BCUT2D eigenvalue weighted by Crippen LogP contribution is -2.40. The summed E-state index contributed by atoms with van der Waals surface area (Å²) < 4.78 is 0. The molecule has 1 unspecified atom stereocenters. The van der Waals surface area contributed by atoms with Crippen LogP contribution in [0, 0.1) is 0 Å². The molecule has 0 fully saturated rings. The van der Waals surface area contributed by atoms with E-state index in [2.05, 4.69) is 0 Å². The first-order valence-corrected chi connectivity index (χ1v) is 3.24. The van der Waals surface area contributed by atoms with Gasteiger partial charge in [-0.25, -0.2) is 0 Å². The second-order valence-electron chi connectivity index (χ2n) is 2.29. The van der Waals surface area contributed by atoms with Gasteiger partial charge in [0.2, 0.25) is 0 Å². The number of carboxylic acids is 1. The fraction of sp³-hybridized carbons (Fsp3) is 0.667. The van der Waals surface area contributed by atoms with Gasteiger partial charge in [-0.05, 0) is 0 Å². The summed E-state index contributed by atoms with van der Waals surface area (Å²) in [7, 11) is 1.23. The Hall–Kier alpha value is -1.14. The summed E-state index contributed by atoms with van der Waals surface area (Å²) in [6, 6.07) is 0. The maximum atomic E-state index is 10.9. The zero-order valence-corrected chi connectivity index (χ0v) is 6.60. The van der Waals surface area contributed by atoms with E-state index in [4.69, 9.17) is 15.3 Å². The number of amides is 1. The highest BCUT2D eigenvalue weighted by Crippen LogP contribution is 1.90. The lowest BCUT2D eigenvalue weighted by molar-refractivity contribution is -0.148. The zero-order chi connectivity index (χ0) is 9.72. The maximum absolute atomic E-state index is 10.9. The Morgan fingerprint density at radius 2 is 2.00 bits per heavy atom. The van der Waals surface area contributed by atoms with Crippen molar-refractivity contribution in [2.45, 2.75) is 6.10 Å². The number of carboxylic acid groups (broad SMARTS) is 1. The molecular weight excluding hydrogens is 166 g/mol. The van der Waals surface area contributed by atoms with Crippen molar-refractivity contribution in [2.75, 3.05) is 20.2 Å². The Bertz CT molecular complexity index is 181. The normalized spacial score (nSPS) is 12.2. The van der Waals surface area contributed by atoms with E-state index in [1.807, 2.05) is 0 Å². The second kappa shape index (κ2) is 4.68. The molecule has 0 radical (unpaired) electrons. The maximum Gasteiger partial charge on any atom is 0.323 e. The number of hydrogen-bond donors (Lipinski definition) is 3. The molecule has 3 N–H and O–H groups in total. The smallest absolute Gasteiger partial charge is 0.323 e. The molecule has 0 aliphatic heterocycles. The van der Waals surface area contributed by atoms with Gasteiger partial charge in [-0.15, -0.1) is 0 Å². The Morgan fingerprint density at radius 1 is 1.50 bits per heavy atom. The molecule has 0 spiro atoms. The van der Waals surface area contributed by atoms with Gasteiger partial charge in [-0.3, -0.25) is 9.59 Å². The van der Waals surface area contributed by atoms with Gasteiger partial charge in [0.25, 0.3) is 5.91 Å². The molecule has 0 aliphatic rings. The minimum absolute atomic E-state index is 0.490. The van der Waals surface area contributed by atoms with Crippen molar-refractivity contribution in [3.8, 4) is 0 Å². The Kier molecular flexibility index (Phi) is 4.24. The van der Waals surface area contributed by atoms with Crippen LogP contribution in [0.2, 0.25) is 0 Å². The molecule has 12 heavy (non-hydrogen) atoms. The lowest BCUT2D eigenvalue weighted by Gasteiger charge is -2.16. The van der Waals surface area contributed by atoms with Crippen molar-refractivity contribution in [1.29, 1.82) is 0 Å². The summed E-state index contributed by atoms with van der Waals surface area (Å²) in [6.07, 6.45) is -1.53. The first kappa shape index (κ1) is 10.9. The number of rotatable bonds is 4. The van der Waals surface area contributed by atoms with Gasteiger partial charge in [-0.1, -0.05) is 0 Å². The number of aliphatic carboxylic acids is 1. The summed E-state index contributed by atoms with van der Waals surface area (Å²) in [5.74, 6) is -1.98. The summed E-state index contributed by atoms with van der Waals surface area (Å²) >= 11 is 0. The molecule has 0 rings (SSSR count). The predicted octanol–water partition coefficient (Wildman–Crippen LogP) is -2.12. The summed E-state index contributed by atoms with van der Waals surface area (Å²) in [5.41, 5.74) is 0. The van der Waals surface area contributed by atoms with E-state index in [1.165, 1.54) is 7.05 Å². The van der Waals surface area contributed by atoms with Crippen molar-refractivity contribution in [3.05, 3.63) is 0 Å². The third kappa shape index (κ3) is 3.31. The Morgan fingerprint density at radius 3 is 2.33 bits per heavy atom. The fourth-order valence-corrected chi connectivity index (χ4v) is 0.613. The first-order valence-electron chi connectivity index (χ1n) is 3.24. The molecule has 0 aromatic heterocycles. The Balaban J connectivity index is 4.01. The summed E-state index contributed by atoms with van der Waals surface area (Å²) in [4.78, 5) is 21.8. The van der Waals surface area contributed by atoms with E-state index in [-0.39, 0.29) is 0 Å². The number of nitrogens with zero attached hydrogens (tertiary/aromatic N) is 1. The first-order chi connectivity index (χ1) is 5.49. The van der Waals surface area contributed by atoms with Crippen LogP contribution in [0.5, 0.6) is 0 Å². The van der Waals surface area contributed by atoms with Crippen LogP contribution in [0.15, 0.2) is 0 Å². The van der Waals surface area contributed by atoms with E-state index in [0.29, 0.717) is 0 Å². The van der Waals surface area contributed by atoms with Gasteiger partial charge in [0.05, 0.1) is 6.61 Å². The largest absolute Gasteiger partial charge is 0.480 e. The molecule has 0 aliphatic carbocycles. The van der Waals surface area contributed by atoms with Crippen LogP contribution in [0.25, 0.3) is 0 Å². The van der Waals surface area contributed by atoms with Crippen molar-refractivity contribution in [3.63, 3.8) is 0 Å². The fourth-order valence-electron chi connectivity index (χ4n) is 0.613. The van der Waals surface area contributed by atoms with Gasteiger partial charge in [-0.2, -0.15) is 0 Å². The van der Waals surface area contributed by atoms with Gasteiger partial charge in [0.15, 0.2) is 6.10 Å². The third-order valence-corrected chi connectivity index (χ3v) is 1.21. The number of carbonyl (C=O) groups is 2. The molecule has 0 bridgehead atoms. The topological polar surface area (TPSA) is 98.1 Å². The van der Waals surface area contributed by atoms with Crippen molar-refractivity contribution >= 4 is 11.9 Å². The standard InChI is InChI=1S/C6H11NO5/c1-7(2-5(10)11)6(12)4(9)3-8/h4,8-9H,2-3H2,1H3,(H,10,11). The van der Waals surface area contributed by atoms with Crippen LogP contribution in [0.3, 0.4) is 0 Å². The van der Waals surface area contributed by atoms with Crippen LogP contribution in [0.4, 0.5) is 0 Å². The van der Waals surface area contributed by atoms with Crippen LogP contribution in [-0.2, 0) is 9.59 Å². The molecule has 1 atom stereocenters. The van der Waals surface area contributed by atoms with E-state index in [9.17, 15) is 9.59 Å². The summed E-state index contributed by atoms with van der Waals surface area (Å²) in [6.45, 7) is -1.20. The van der Waals surface area contributed by atoms with Crippen molar-refractivity contribution < 1.29 is 24.9 Å². The molecule has 0 saturated heterocycles. The minimum Gasteiger partial charge on any atom is -0.480 e. The number of hydrogen-bond acceptors (Lipinski definition) is 4. The van der Waals surface area contributed by atoms with E-state index in [1.54, 1.807) is 0 Å². The SMILES string of the molecule is CN(CC(=O)O)C(=O)C(O)CO. The molecule has 70 valence electrons. The quantitative estimate of drug-likeness (QED) is 0.456. The van der Waals surface area contributed by atoms with Crippen LogP contribution < -0.4 is 0 Å². The van der Waals surface area contributed by atoms with Crippen LogP contribution in [0.1, 0.15) is 0 Å². The lowest BCUT2D eigenvalue weighted by atomic mass is 10.3. The van der Waals surface area contributed by atoms with E-state index < -0.39 is 31.1 Å². The number of likely N-dealkylation sites (N-methyl/N-ethyl adjacent to an activating group) is 1. The molecule has 6 nitrogen and oxygen atoms in total. The second-order valence-corrected chi connectivity index (χ2v) is 2.29. The van der Waals surface area contributed by atoms with Crippen molar-refractivity contribution in [2.24, 2.45) is 0 Å². The predicted molar refractivity (Wildman–Crippen MR) is 38.4 cm³/mol. The molecule has 0 saturated carbocycles. The van der Waals surface area contributed by atoms with Gasteiger partial charge in [0, 0.05) is 7.05 Å².